The summed E-state index contributed by atoms with van der Waals surface area (Å²) in [5.74, 6) is -0.378. The van der Waals surface area contributed by atoms with Crippen LogP contribution in [0.4, 0.5) is 5.69 Å². The van der Waals surface area contributed by atoms with Crippen LogP contribution in [0.3, 0.4) is 0 Å². The lowest BCUT2D eigenvalue weighted by Gasteiger charge is -2.37. The molecule has 1 amide bonds. The van der Waals surface area contributed by atoms with E-state index in [1.54, 1.807) is 29.2 Å². The SMILES string of the molecule is O=C(CSc1cccc[n+]1[O-])OCC(=O)N1c2ccccc2OCC1c1ccccc1. The first kappa shape index (κ1) is 20.7. The fourth-order valence-corrected chi connectivity index (χ4v) is 4.04. The van der Waals surface area contributed by atoms with E-state index in [-0.39, 0.29) is 17.7 Å². The number of thioether (sulfide) groups is 1. The predicted molar refractivity (Wildman–Crippen MR) is 116 cm³/mol. The Morgan fingerprint density at radius 2 is 1.81 bits per heavy atom. The van der Waals surface area contributed by atoms with Gasteiger partial charge in [-0.1, -0.05) is 42.5 Å². The molecule has 1 aromatic heterocycles. The Hall–Kier alpha value is -3.52. The van der Waals surface area contributed by atoms with E-state index in [1.807, 2.05) is 48.5 Å². The summed E-state index contributed by atoms with van der Waals surface area (Å²) < 4.78 is 11.8. The van der Waals surface area contributed by atoms with Crippen LogP contribution in [-0.4, -0.2) is 30.8 Å². The van der Waals surface area contributed by atoms with E-state index in [0.717, 1.165) is 17.3 Å². The first-order valence-corrected chi connectivity index (χ1v) is 10.7. The highest BCUT2D eigenvalue weighted by atomic mass is 32.2. The zero-order valence-corrected chi connectivity index (χ0v) is 17.4. The van der Waals surface area contributed by atoms with Gasteiger partial charge in [0.2, 0.25) is 0 Å². The molecule has 1 unspecified atom stereocenters. The highest BCUT2D eigenvalue weighted by Gasteiger charge is 2.33. The summed E-state index contributed by atoms with van der Waals surface area (Å²) in [7, 11) is 0. The molecule has 0 spiro atoms. The lowest BCUT2D eigenvalue weighted by molar-refractivity contribution is -0.645. The topological polar surface area (TPSA) is 82.8 Å². The van der Waals surface area contributed by atoms with E-state index < -0.39 is 12.6 Å². The summed E-state index contributed by atoms with van der Waals surface area (Å²) >= 11 is 1.06. The lowest BCUT2D eigenvalue weighted by Crippen LogP contribution is -2.43. The van der Waals surface area contributed by atoms with Gasteiger partial charge in [-0.2, -0.15) is 4.73 Å². The third-order valence-corrected chi connectivity index (χ3v) is 5.76. The molecule has 2 aromatic carbocycles. The summed E-state index contributed by atoms with van der Waals surface area (Å²) in [5.41, 5.74) is 1.56. The zero-order chi connectivity index (χ0) is 21.6. The molecule has 0 aliphatic carbocycles. The number of para-hydroxylation sites is 2. The number of ether oxygens (including phenoxy) is 2. The lowest BCUT2D eigenvalue weighted by atomic mass is 10.0. The van der Waals surface area contributed by atoms with Crippen molar-refractivity contribution in [3.63, 3.8) is 0 Å². The maximum absolute atomic E-state index is 13.1. The van der Waals surface area contributed by atoms with Crippen molar-refractivity contribution in [1.82, 2.24) is 0 Å². The van der Waals surface area contributed by atoms with E-state index in [2.05, 4.69) is 0 Å². The van der Waals surface area contributed by atoms with Crippen LogP contribution in [0.15, 0.2) is 84.0 Å². The second-order valence-electron chi connectivity index (χ2n) is 6.78. The van der Waals surface area contributed by atoms with E-state index in [9.17, 15) is 14.8 Å². The maximum atomic E-state index is 13.1. The van der Waals surface area contributed by atoms with Crippen LogP contribution in [0.2, 0.25) is 0 Å². The Labute approximate surface area is 183 Å². The van der Waals surface area contributed by atoms with Crippen LogP contribution in [0, 0.1) is 5.21 Å². The predicted octanol–water partition coefficient (Wildman–Crippen LogP) is 3.12. The van der Waals surface area contributed by atoms with Gasteiger partial charge in [0.1, 0.15) is 18.1 Å². The summed E-state index contributed by atoms with van der Waals surface area (Å²) in [6, 6.07) is 21.5. The first-order chi connectivity index (χ1) is 15.1. The number of hydrogen-bond donors (Lipinski definition) is 0. The monoisotopic (exact) mass is 436 g/mol. The Morgan fingerprint density at radius 3 is 2.61 bits per heavy atom. The van der Waals surface area contributed by atoms with Gasteiger partial charge in [-0.05, 0) is 35.5 Å². The molecular formula is C23H20N2O5S. The highest BCUT2D eigenvalue weighted by molar-refractivity contribution is 7.99. The van der Waals surface area contributed by atoms with Crippen LogP contribution < -0.4 is 14.4 Å². The van der Waals surface area contributed by atoms with Gasteiger partial charge in [-0.25, -0.2) is 0 Å². The van der Waals surface area contributed by atoms with Gasteiger partial charge in [0, 0.05) is 12.1 Å². The van der Waals surface area contributed by atoms with Crippen molar-refractivity contribution >= 4 is 29.3 Å². The molecule has 0 radical (unpaired) electrons. The summed E-state index contributed by atoms with van der Waals surface area (Å²) in [5, 5.41) is 12.0. The van der Waals surface area contributed by atoms with Crippen molar-refractivity contribution in [2.45, 2.75) is 11.1 Å². The average Bonchev–Trinajstić information content (AvgIpc) is 2.82. The quantitative estimate of drug-likeness (QED) is 0.256. The normalized spacial score (nSPS) is 15.0. The molecule has 3 aromatic rings. The molecule has 0 bridgehead atoms. The second kappa shape index (κ2) is 9.53. The number of carbonyl (C=O) groups excluding carboxylic acids is 2. The number of hydrogen-bond acceptors (Lipinski definition) is 6. The van der Waals surface area contributed by atoms with Crippen molar-refractivity contribution in [1.29, 1.82) is 0 Å². The van der Waals surface area contributed by atoms with E-state index in [0.29, 0.717) is 27.8 Å². The standard InChI is InChI=1S/C23H20N2O5S/c26-21(15-30-23(27)16-31-22-12-6-7-13-24(22)28)25-18-10-4-5-11-20(18)29-14-19(25)17-8-2-1-3-9-17/h1-13,19H,14-16H2. The fraction of sp³-hybridized carbons (Fsp3) is 0.174. The number of anilines is 1. The summed E-state index contributed by atoms with van der Waals surface area (Å²) in [6.07, 6.45) is 1.36. The van der Waals surface area contributed by atoms with Crippen molar-refractivity contribution in [2.24, 2.45) is 0 Å². The van der Waals surface area contributed by atoms with Crippen molar-refractivity contribution in [3.8, 4) is 5.75 Å². The molecule has 8 heteroatoms. The second-order valence-corrected chi connectivity index (χ2v) is 7.78. The third-order valence-electron chi connectivity index (χ3n) is 4.77. The van der Waals surface area contributed by atoms with Gasteiger partial charge in [0.15, 0.2) is 12.8 Å². The van der Waals surface area contributed by atoms with Crippen molar-refractivity contribution < 1.29 is 23.8 Å². The number of carbonyl (C=O) groups is 2. The summed E-state index contributed by atoms with van der Waals surface area (Å²) in [6.45, 7) is -0.0999. The minimum absolute atomic E-state index is 0.0681. The number of pyridine rings is 1. The number of rotatable bonds is 6. The molecular weight excluding hydrogens is 416 g/mol. The van der Waals surface area contributed by atoms with Gasteiger partial charge < -0.3 is 14.7 Å². The number of fused-ring (bicyclic) bond motifs is 1. The van der Waals surface area contributed by atoms with E-state index >= 15 is 0 Å². The number of aromatic nitrogens is 1. The minimum atomic E-state index is -0.569. The fourth-order valence-electron chi connectivity index (χ4n) is 3.33. The molecule has 1 atom stereocenters. The molecule has 0 N–H and O–H groups in total. The third kappa shape index (κ3) is 4.80. The first-order valence-electron chi connectivity index (χ1n) is 9.69. The van der Waals surface area contributed by atoms with Crippen LogP contribution >= 0.6 is 11.8 Å². The maximum Gasteiger partial charge on any atom is 0.317 e. The Morgan fingerprint density at radius 1 is 1.06 bits per heavy atom. The molecule has 4 rings (SSSR count). The smallest absolute Gasteiger partial charge is 0.317 e. The molecule has 0 fully saturated rings. The molecule has 1 aliphatic rings. The van der Waals surface area contributed by atoms with Gasteiger partial charge in [-0.15, -0.1) is 0 Å². The Bertz CT molecular complexity index is 1080. The van der Waals surface area contributed by atoms with Gasteiger partial charge >= 0.3 is 5.97 Å². The van der Waals surface area contributed by atoms with Crippen LogP contribution in [0.25, 0.3) is 0 Å². The Kier molecular flexibility index (Phi) is 6.37. The molecule has 31 heavy (non-hydrogen) atoms. The number of esters is 1. The van der Waals surface area contributed by atoms with Crippen LogP contribution in [0.5, 0.6) is 5.75 Å². The van der Waals surface area contributed by atoms with Gasteiger partial charge in [0.05, 0.1) is 11.7 Å². The highest BCUT2D eigenvalue weighted by Crippen LogP contribution is 2.39. The molecule has 1 aliphatic heterocycles. The minimum Gasteiger partial charge on any atom is -0.618 e. The van der Waals surface area contributed by atoms with E-state index in [4.69, 9.17) is 9.47 Å². The number of nitrogens with zero attached hydrogens (tertiary/aromatic N) is 2. The summed E-state index contributed by atoms with van der Waals surface area (Å²) in [4.78, 5) is 26.9. The van der Waals surface area contributed by atoms with Gasteiger partial charge in [-0.3, -0.25) is 14.5 Å². The van der Waals surface area contributed by atoms with Crippen LogP contribution in [-0.2, 0) is 14.3 Å². The van der Waals surface area contributed by atoms with Crippen molar-refractivity contribution in [3.05, 3.63) is 89.8 Å². The molecule has 0 saturated heterocycles. The molecule has 7 nitrogen and oxygen atoms in total. The Balaban J connectivity index is 1.45. The zero-order valence-electron chi connectivity index (χ0n) is 16.5. The van der Waals surface area contributed by atoms with E-state index in [1.165, 1.54) is 6.20 Å². The average molecular weight is 436 g/mol. The van der Waals surface area contributed by atoms with Crippen LogP contribution in [0.1, 0.15) is 11.6 Å². The largest absolute Gasteiger partial charge is 0.618 e. The van der Waals surface area contributed by atoms with Crippen molar-refractivity contribution in [2.75, 3.05) is 23.9 Å². The molecule has 158 valence electrons. The van der Waals surface area contributed by atoms with Gasteiger partial charge in [0.25, 0.3) is 10.9 Å². The number of benzene rings is 2. The number of amides is 1. The molecule has 2 heterocycles. The molecule has 0 saturated carbocycles.